The minimum absolute atomic E-state index is 0.00478. The number of carbonyl (C=O) groups excluding carboxylic acids is 1. The molecular weight excluding hydrogens is 552 g/mol. The molecule has 4 unspecified atom stereocenters. The molecule has 1 saturated heterocycles. The zero-order chi connectivity index (χ0) is 29.5. The van der Waals surface area contributed by atoms with E-state index >= 15 is 0 Å². The third-order valence-corrected chi connectivity index (χ3v) is 7.75. The number of carbonyl (C=O) groups is 1. The van der Waals surface area contributed by atoms with Crippen molar-refractivity contribution in [3.8, 4) is 5.75 Å². The molecule has 4 atom stereocenters. The van der Waals surface area contributed by atoms with Gasteiger partial charge in [0.2, 0.25) is 0 Å². The standard InChI is InChI=1S/C32H39ClN6O3/c1-3-34-29(40)20-27-31-38-37-21(2)39(31)28-16-15-25(19-26(28)30(36-27)22-11-13-24(33)14-12-22)42-18-8-7-17-35-32(41)23-9-5-4-6-10-23/h4-6,9-16,19,21,27,29,31,34,37-38,40H,3,7-8,17-18,20H2,1-2H3,(H,35,41). The Labute approximate surface area is 252 Å². The normalized spacial score (nSPS) is 20.2. The molecule has 0 spiro atoms. The first-order chi connectivity index (χ1) is 20.4. The van der Waals surface area contributed by atoms with Crippen LogP contribution < -0.4 is 31.1 Å². The lowest BCUT2D eigenvalue weighted by Crippen LogP contribution is -2.48. The third kappa shape index (κ3) is 7.11. The monoisotopic (exact) mass is 590 g/mol. The van der Waals surface area contributed by atoms with Gasteiger partial charge in [-0.15, -0.1) is 0 Å². The topological polar surface area (TPSA) is 110 Å². The van der Waals surface area contributed by atoms with Gasteiger partial charge in [-0.05, 0) is 68.8 Å². The quantitative estimate of drug-likeness (QED) is 0.160. The van der Waals surface area contributed by atoms with Crippen LogP contribution in [0.2, 0.25) is 5.02 Å². The average Bonchev–Trinajstić information content (AvgIpc) is 3.32. The predicted octanol–water partition coefficient (Wildman–Crippen LogP) is 4.05. The number of amides is 1. The highest BCUT2D eigenvalue weighted by atomic mass is 35.5. The van der Waals surface area contributed by atoms with Crippen molar-refractivity contribution in [1.29, 1.82) is 0 Å². The Morgan fingerprint density at radius 3 is 2.64 bits per heavy atom. The molecular formula is C32H39ClN6O3. The lowest BCUT2D eigenvalue weighted by molar-refractivity contribution is 0.0952. The van der Waals surface area contributed by atoms with E-state index in [0.29, 0.717) is 36.7 Å². The second kappa shape index (κ2) is 14.1. The Balaban J connectivity index is 1.33. The fraction of sp³-hybridized carbons (Fsp3) is 0.375. The van der Waals surface area contributed by atoms with Gasteiger partial charge >= 0.3 is 0 Å². The van der Waals surface area contributed by atoms with Crippen molar-refractivity contribution >= 4 is 28.9 Å². The van der Waals surface area contributed by atoms with Gasteiger partial charge in [-0.1, -0.05) is 48.9 Å². The van der Waals surface area contributed by atoms with E-state index in [1.54, 1.807) is 0 Å². The SMILES string of the molecule is CCNC(O)CC1N=C(c2ccc(Cl)cc2)c2cc(OCCCCNC(=O)c3ccccc3)ccc2N2C(C)NNC12. The van der Waals surface area contributed by atoms with E-state index in [-0.39, 0.29) is 24.3 Å². The lowest BCUT2D eigenvalue weighted by Gasteiger charge is -2.32. The van der Waals surface area contributed by atoms with Crippen LogP contribution in [-0.4, -0.2) is 61.0 Å². The molecule has 5 rings (SSSR count). The number of halogens is 1. The largest absolute Gasteiger partial charge is 0.494 e. The van der Waals surface area contributed by atoms with E-state index in [1.807, 2.05) is 73.7 Å². The maximum absolute atomic E-state index is 12.3. The van der Waals surface area contributed by atoms with Crippen LogP contribution in [0.4, 0.5) is 5.69 Å². The van der Waals surface area contributed by atoms with E-state index in [2.05, 4.69) is 39.4 Å². The molecule has 0 aromatic heterocycles. The van der Waals surface area contributed by atoms with Gasteiger partial charge < -0.3 is 20.1 Å². The third-order valence-electron chi connectivity index (χ3n) is 7.50. The van der Waals surface area contributed by atoms with Crippen molar-refractivity contribution in [2.75, 3.05) is 24.6 Å². The number of anilines is 1. The number of benzene rings is 3. The van der Waals surface area contributed by atoms with Gasteiger partial charge in [0.05, 0.1) is 24.5 Å². The van der Waals surface area contributed by atoms with Crippen LogP contribution in [0.25, 0.3) is 0 Å². The molecule has 2 heterocycles. The van der Waals surface area contributed by atoms with Crippen molar-refractivity contribution in [3.63, 3.8) is 0 Å². The van der Waals surface area contributed by atoms with Crippen molar-refractivity contribution in [2.24, 2.45) is 4.99 Å². The summed E-state index contributed by atoms with van der Waals surface area (Å²) >= 11 is 6.23. The summed E-state index contributed by atoms with van der Waals surface area (Å²) in [6.07, 6.45) is 1.20. The molecule has 1 amide bonds. The number of aliphatic imine (C=N–C) groups is 1. The second-order valence-corrected chi connectivity index (χ2v) is 11.0. The second-order valence-electron chi connectivity index (χ2n) is 10.5. The van der Waals surface area contributed by atoms with Crippen LogP contribution in [0.5, 0.6) is 5.75 Å². The van der Waals surface area contributed by atoms with Gasteiger partial charge in [-0.3, -0.25) is 15.1 Å². The number of nitrogens with one attached hydrogen (secondary N) is 4. The van der Waals surface area contributed by atoms with E-state index < -0.39 is 6.23 Å². The summed E-state index contributed by atoms with van der Waals surface area (Å²) in [5, 5.41) is 17.4. The number of hydrogen-bond acceptors (Lipinski definition) is 8. The van der Waals surface area contributed by atoms with E-state index in [9.17, 15) is 9.90 Å². The molecule has 0 aliphatic carbocycles. The fourth-order valence-electron chi connectivity index (χ4n) is 5.43. The average molecular weight is 591 g/mol. The fourth-order valence-corrected chi connectivity index (χ4v) is 5.56. The number of nitrogens with zero attached hydrogens (tertiary/aromatic N) is 2. The van der Waals surface area contributed by atoms with E-state index in [4.69, 9.17) is 21.3 Å². The molecule has 5 N–H and O–H groups in total. The first-order valence-electron chi connectivity index (χ1n) is 14.6. The molecule has 2 aliphatic heterocycles. The number of fused-ring (bicyclic) bond motifs is 3. The number of ether oxygens (including phenoxy) is 1. The minimum atomic E-state index is -0.688. The maximum atomic E-state index is 12.3. The first kappa shape index (κ1) is 30.0. The number of unbranched alkanes of at least 4 members (excludes halogenated alkanes) is 1. The molecule has 2 aliphatic rings. The Morgan fingerprint density at radius 1 is 1.10 bits per heavy atom. The highest BCUT2D eigenvalue weighted by Crippen LogP contribution is 2.36. The zero-order valence-corrected chi connectivity index (χ0v) is 24.8. The van der Waals surface area contributed by atoms with Crippen LogP contribution in [0.3, 0.4) is 0 Å². The molecule has 0 radical (unpaired) electrons. The van der Waals surface area contributed by atoms with Crippen molar-refractivity contribution in [1.82, 2.24) is 21.5 Å². The molecule has 3 aromatic carbocycles. The predicted molar refractivity (Wildman–Crippen MR) is 167 cm³/mol. The van der Waals surface area contributed by atoms with Crippen LogP contribution in [0, 0.1) is 0 Å². The van der Waals surface area contributed by atoms with E-state index in [1.165, 1.54) is 0 Å². The number of hydrogen-bond donors (Lipinski definition) is 5. The summed E-state index contributed by atoms with van der Waals surface area (Å²) in [6, 6.07) is 22.8. The number of rotatable bonds is 12. The summed E-state index contributed by atoms with van der Waals surface area (Å²) in [7, 11) is 0. The summed E-state index contributed by atoms with van der Waals surface area (Å²) < 4.78 is 6.18. The van der Waals surface area contributed by atoms with Crippen LogP contribution in [0.1, 0.15) is 54.6 Å². The smallest absolute Gasteiger partial charge is 0.251 e. The summed E-state index contributed by atoms with van der Waals surface area (Å²) in [4.78, 5) is 19.8. The molecule has 1 fully saturated rings. The Bertz CT molecular complexity index is 1370. The van der Waals surface area contributed by atoms with Gasteiger partial charge in [-0.2, -0.15) is 0 Å². The molecule has 0 saturated carbocycles. The van der Waals surface area contributed by atoms with Crippen LogP contribution >= 0.6 is 11.6 Å². The van der Waals surface area contributed by atoms with Crippen molar-refractivity contribution < 1.29 is 14.6 Å². The van der Waals surface area contributed by atoms with E-state index in [0.717, 1.165) is 41.1 Å². The summed E-state index contributed by atoms with van der Waals surface area (Å²) in [5.74, 6) is 0.685. The summed E-state index contributed by atoms with van der Waals surface area (Å²) in [5.41, 5.74) is 11.1. The van der Waals surface area contributed by atoms with Gasteiger partial charge in [0.1, 0.15) is 18.1 Å². The maximum Gasteiger partial charge on any atom is 0.251 e. The van der Waals surface area contributed by atoms with Gasteiger partial charge in [0, 0.05) is 40.4 Å². The molecule has 42 heavy (non-hydrogen) atoms. The number of hydrazine groups is 1. The molecule has 0 bridgehead atoms. The minimum Gasteiger partial charge on any atom is -0.494 e. The van der Waals surface area contributed by atoms with Gasteiger partial charge in [0.15, 0.2) is 0 Å². The number of aliphatic hydroxyl groups excluding tert-OH is 1. The first-order valence-corrected chi connectivity index (χ1v) is 15.0. The van der Waals surface area contributed by atoms with Crippen molar-refractivity contribution in [2.45, 2.75) is 57.7 Å². The number of aliphatic hydroxyl groups is 1. The van der Waals surface area contributed by atoms with Crippen LogP contribution in [-0.2, 0) is 0 Å². The lowest BCUT2D eigenvalue weighted by atomic mass is 9.99. The molecule has 10 heteroatoms. The Hall–Kier alpha value is -3.47. The molecule has 222 valence electrons. The van der Waals surface area contributed by atoms with Gasteiger partial charge in [0.25, 0.3) is 5.91 Å². The molecule has 3 aromatic rings. The van der Waals surface area contributed by atoms with Crippen LogP contribution in [0.15, 0.2) is 77.8 Å². The highest BCUT2D eigenvalue weighted by molar-refractivity contribution is 6.30. The highest BCUT2D eigenvalue weighted by Gasteiger charge is 2.40. The van der Waals surface area contributed by atoms with Crippen molar-refractivity contribution in [3.05, 3.63) is 94.5 Å². The summed E-state index contributed by atoms with van der Waals surface area (Å²) in [6.45, 7) is 5.85. The Morgan fingerprint density at radius 2 is 1.88 bits per heavy atom. The van der Waals surface area contributed by atoms with Gasteiger partial charge in [-0.25, -0.2) is 10.9 Å². The molecule has 9 nitrogen and oxygen atoms in total. The Kier molecular flexibility index (Phi) is 10.1. The zero-order valence-electron chi connectivity index (χ0n) is 24.0.